The molecular formula is C29H35Br2N5O4. The topological polar surface area (TPSA) is 108 Å². The molecule has 40 heavy (non-hydrogen) atoms. The number of Topliss-reactive ketones (excluding diaryl/α,β-unsaturated/α-hetero) is 1. The first-order valence-electron chi connectivity index (χ1n) is 13.7. The van der Waals surface area contributed by atoms with Gasteiger partial charge in [0.25, 0.3) is 0 Å². The van der Waals surface area contributed by atoms with E-state index in [0.29, 0.717) is 65.7 Å². The number of benzene rings is 2. The van der Waals surface area contributed by atoms with Crippen molar-refractivity contribution >= 4 is 61.0 Å². The summed E-state index contributed by atoms with van der Waals surface area (Å²) in [5.74, 6) is 0.243. The highest BCUT2D eigenvalue weighted by Gasteiger charge is 2.50. The van der Waals surface area contributed by atoms with Crippen molar-refractivity contribution in [2.24, 2.45) is 11.8 Å². The molecule has 0 bridgehead atoms. The molecule has 0 unspecified atom stereocenters. The third-order valence-electron chi connectivity index (χ3n) is 7.96. The van der Waals surface area contributed by atoms with Crippen LogP contribution in [0.15, 0.2) is 39.3 Å². The van der Waals surface area contributed by atoms with Gasteiger partial charge in [0, 0.05) is 64.3 Å². The molecule has 0 spiro atoms. The third-order valence-corrected chi connectivity index (χ3v) is 9.28. The highest BCUT2D eigenvalue weighted by molar-refractivity contribution is 9.11. The Bertz CT molecular complexity index is 1290. The Morgan fingerprint density at radius 3 is 2.48 bits per heavy atom. The highest BCUT2D eigenvalue weighted by Crippen LogP contribution is 2.44. The summed E-state index contributed by atoms with van der Waals surface area (Å²) in [6.45, 7) is 3.27. The molecule has 2 aliphatic heterocycles. The molecule has 11 heteroatoms. The average molecular weight is 677 g/mol. The molecule has 214 valence electrons. The van der Waals surface area contributed by atoms with E-state index in [0.717, 1.165) is 30.0 Å². The SMILES string of the molecule is CN(C)CCCOc1ccc2c(c1)CN(C1CCN(C(=O)[C@@H]3C[C@H]3C(=O)c3cc(Br)c(N)c(Br)c3)CC1)C(=O)N2. The summed E-state index contributed by atoms with van der Waals surface area (Å²) in [5, 5.41) is 3.02. The molecule has 0 radical (unpaired) electrons. The smallest absolute Gasteiger partial charge is 0.322 e. The predicted octanol–water partition coefficient (Wildman–Crippen LogP) is 4.98. The molecule has 3 aliphatic rings. The van der Waals surface area contributed by atoms with Crippen LogP contribution in [0.25, 0.3) is 0 Å². The molecule has 3 N–H and O–H groups in total. The van der Waals surface area contributed by atoms with Gasteiger partial charge >= 0.3 is 6.03 Å². The van der Waals surface area contributed by atoms with Crippen molar-refractivity contribution in [2.75, 3.05) is 51.4 Å². The van der Waals surface area contributed by atoms with Gasteiger partial charge in [-0.15, -0.1) is 0 Å². The van der Waals surface area contributed by atoms with Crippen molar-refractivity contribution in [2.45, 2.75) is 38.3 Å². The van der Waals surface area contributed by atoms with Gasteiger partial charge < -0.3 is 30.5 Å². The van der Waals surface area contributed by atoms with Gasteiger partial charge in [-0.25, -0.2) is 4.79 Å². The Labute approximate surface area is 251 Å². The average Bonchev–Trinajstić information content (AvgIpc) is 3.74. The first-order chi connectivity index (χ1) is 19.1. The largest absolute Gasteiger partial charge is 0.494 e. The molecular weight excluding hydrogens is 642 g/mol. The van der Waals surface area contributed by atoms with Crippen LogP contribution in [0, 0.1) is 11.8 Å². The number of likely N-dealkylation sites (tertiary alicyclic amines) is 1. The molecule has 1 saturated heterocycles. The van der Waals surface area contributed by atoms with Crippen LogP contribution in [0.1, 0.15) is 41.6 Å². The zero-order chi connectivity index (χ0) is 28.6. The fourth-order valence-electron chi connectivity index (χ4n) is 5.55. The first-order valence-corrected chi connectivity index (χ1v) is 15.3. The van der Waals surface area contributed by atoms with Gasteiger partial charge in [0.2, 0.25) is 5.91 Å². The Balaban J connectivity index is 1.14. The molecule has 2 aromatic carbocycles. The second kappa shape index (κ2) is 12.1. The number of nitrogens with two attached hydrogens (primary N) is 1. The van der Waals surface area contributed by atoms with Gasteiger partial charge in [-0.1, -0.05) is 0 Å². The van der Waals surface area contributed by atoms with E-state index in [2.05, 4.69) is 42.1 Å². The number of hydrogen-bond acceptors (Lipinski definition) is 6. The lowest BCUT2D eigenvalue weighted by Gasteiger charge is -2.40. The first kappa shape index (κ1) is 28.9. The van der Waals surface area contributed by atoms with Crippen LogP contribution in [0.4, 0.5) is 16.2 Å². The maximum Gasteiger partial charge on any atom is 0.322 e. The van der Waals surface area contributed by atoms with Gasteiger partial charge in [0.05, 0.1) is 12.3 Å². The lowest BCUT2D eigenvalue weighted by atomic mass is 10.00. The molecule has 3 amide bonds. The summed E-state index contributed by atoms with van der Waals surface area (Å²) >= 11 is 6.78. The van der Waals surface area contributed by atoms with Crippen LogP contribution in [-0.4, -0.2) is 78.8 Å². The van der Waals surface area contributed by atoms with E-state index in [-0.39, 0.29) is 35.6 Å². The van der Waals surface area contributed by atoms with E-state index < -0.39 is 0 Å². The monoisotopic (exact) mass is 675 g/mol. The van der Waals surface area contributed by atoms with Crippen molar-refractivity contribution < 1.29 is 19.1 Å². The molecule has 1 aliphatic carbocycles. The fourth-order valence-corrected chi connectivity index (χ4v) is 6.74. The van der Waals surface area contributed by atoms with Crippen LogP contribution in [0.2, 0.25) is 0 Å². The Morgan fingerprint density at radius 2 is 1.80 bits per heavy atom. The van der Waals surface area contributed by atoms with Gasteiger partial charge in [0.1, 0.15) is 5.75 Å². The van der Waals surface area contributed by atoms with Crippen molar-refractivity contribution in [3.05, 3.63) is 50.4 Å². The molecule has 2 heterocycles. The Morgan fingerprint density at radius 1 is 1.10 bits per heavy atom. The zero-order valence-corrected chi connectivity index (χ0v) is 26.0. The second-order valence-corrected chi connectivity index (χ2v) is 12.8. The van der Waals surface area contributed by atoms with Gasteiger partial charge in [-0.3, -0.25) is 9.59 Å². The maximum absolute atomic E-state index is 13.2. The predicted molar refractivity (Wildman–Crippen MR) is 161 cm³/mol. The van der Waals surface area contributed by atoms with E-state index in [1.807, 2.05) is 42.1 Å². The van der Waals surface area contributed by atoms with E-state index in [1.165, 1.54) is 0 Å². The summed E-state index contributed by atoms with van der Waals surface area (Å²) in [7, 11) is 4.09. The van der Waals surface area contributed by atoms with Gasteiger partial charge in [0.15, 0.2) is 5.78 Å². The van der Waals surface area contributed by atoms with E-state index in [9.17, 15) is 14.4 Å². The minimum atomic E-state index is -0.295. The van der Waals surface area contributed by atoms with E-state index in [1.54, 1.807) is 12.1 Å². The summed E-state index contributed by atoms with van der Waals surface area (Å²) in [6, 6.07) is 9.19. The van der Waals surface area contributed by atoms with Crippen LogP contribution in [0.3, 0.4) is 0 Å². The maximum atomic E-state index is 13.2. The highest BCUT2D eigenvalue weighted by atomic mass is 79.9. The number of hydrogen-bond donors (Lipinski definition) is 2. The summed E-state index contributed by atoms with van der Waals surface area (Å²) in [6.07, 6.45) is 2.93. The number of ketones is 1. The number of amides is 3. The lowest BCUT2D eigenvalue weighted by molar-refractivity contribution is -0.134. The normalized spacial score (nSPS) is 20.8. The number of nitrogens with zero attached hydrogens (tertiary/aromatic N) is 3. The second-order valence-electron chi connectivity index (χ2n) is 11.1. The molecule has 0 aromatic heterocycles. The number of ether oxygens (including phenoxy) is 1. The molecule has 5 rings (SSSR count). The van der Waals surface area contributed by atoms with Crippen molar-refractivity contribution in [1.29, 1.82) is 0 Å². The minimum Gasteiger partial charge on any atom is -0.494 e. The Hall–Kier alpha value is -2.63. The third kappa shape index (κ3) is 6.31. The van der Waals surface area contributed by atoms with Crippen LogP contribution >= 0.6 is 31.9 Å². The van der Waals surface area contributed by atoms with Crippen molar-refractivity contribution in [3.63, 3.8) is 0 Å². The Kier molecular flexibility index (Phi) is 8.72. The van der Waals surface area contributed by atoms with Crippen LogP contribution in [0.5, 0.6) is 5.75 Å². The number of piperidine rings is 1. The molecule has 2 atom stereocenters. The lowest BCUT2D eigenvalue weighted by Crippen LogP contribution is -2.51. The van der Waals surface area contributed by atoms with Crippen molar-refractivity contribution in [1.82, 2.24) is 14.7 Å². The summed E-state index contributed by atoms with van der Waals surface area (Å²) < 4.78 is 7.25. The number of urea groups is 1. The molecule has 2 fully saturated rings. The summed E-state index contributed by atoms with van der Waals surface area (Å²) in [4.78, 5) is 45.0. The van der Waals surface area contributed by atoms with Gasteiger partial charge in [-0.05, 0) is 108 Å². The molecule has 9 nitrogen and oxygen atoms in total. The number of nitrogen functional groups attached to an aromatic ring is 1. The number of anilines is 2. The quantitative estimate of drug-likeness (QED) is 0.220. The number of carbonyl (C=O) groups excluding carboxylic acids is 3. The van der Waals surface area contributed by atoms with Gasteiger partial charge in [-0.2, -0.15) is 0 Å². The number of halogens is 2. The van der Waals surface area contributed by atoms with E-state index >= 15 is 0 Å². The summed E-state index contributed by atoms with van der Waals surface area (Å²) in [5.41, 5.74) is 8.89. The standard InChI is InChI=1S/C29H35Br2N5O4/c1-34(2)8-3-11-40-20-4-5-25-18(12-20)16-36(29(39)33-25)19-6-9-35(10-7-19)28(38)22-15-21(22)27(37)17-13-23(30)26(32)24(31)14-17/h4-5,12-14,19,21-22H,3,6-11,15-16,32H2,1-2H3,(H,33,39)/t21-,22-/m1/s1. The number of nitrogens with one attached hydrogen (secondary N) is 1. The molecule has 2 aromatic rings. The number of carbonyl (C=O) groups is 3. The number of fused-ring (bicyclic) bond motifs is 1. The van der Waals surface area contributed by atoms with E-state index in [4.69, 9.17) is 10.5 Å². The van der Waals surface area contributed by atoms with Crippen LogP contribution in [-0.2, 0) is 11.3 Å². The number of rotatable bonds is 9. The molecule has 1 saturated carbocycles. The minimum absolute atomic E-state index is 0.0284. The van der Waals surface area contributed by atoms with Crippen molar-refractivity contribution in [3.8, 4) is 5.75 Å². The fraction of sp³-hybridized carbons (Fsp3) is 0.483. The zero-order valence-electron chi connectivity index (χ0n) is 22.8. The van der Waals surface area contributed by atoms with Crippen LogP contribution < -0.4 is 15.8 Å².